The number of carboxylic acids is 1. The number of methoxy groups -OCH3 is 2. The van der Waals surface area contributed by atoms with Crippen molar-refractivity contribution in [2.45, 2.75) is 20.3 Å². The maximum Gasteiger partial charge on any atom is 0.308 e. The molecule has 0 spiro atoms. The van der Waals surface area contributed by atoms with Crippen molar-refractivity contribution < 1.29 is 24.2 Å². The monoisotopic (exact) mass is 503 g/mol. The van der Waals surface area contributed by atoms with Gasteiger partial charge in [-0.2, -0.15) is 0 Å². The molecule has 1 amide bonds. The van der Waals surface area contributed by atoms with Gasteiger partial charge in [0, 0.05) is 32.6 Å². The molecule has 3 aromatic carbocycles. The molecule has 1 aromatic heterocycles. The number of hydrogen-bond donors (Lipinski definition) is 2. The molecule has 0 aliphatic heterocycles. The van der Waals surface area contributed by atoms with Crippen LogP contribution in [0.15, 0.2) is 78.9 Å². The molecule has 0 bridgehead atoms. The van der Waals surface area contributed by atoms with E-state index in [1.54, 1.807) is 26.4 Å². The Hall–Kier alpha value is -4.10. The lowest BCUT2D eigenvalue weighted by Crippen LogP contribution is -2.11. The van der Waals surface area contributed by atoms with Crippen molar-refractivity contribution >= 4 is 28.9 Å². The largest absolute Gasteiger partial charge is 0.497 e. The van der Waals surface area contributed by atoms with Gasteiger partial charge in [0.1, 0.15) is 11.5 Å². The topological polar surface area (TPSA) is 84.9 Å². The van der Waals surface area contributed by atoms with Gasteiger partial charge >= 0.3 is 5.97 Å². The van der Waals surface area contributed by atoms with Crippen LogP contribution in [0.5, 0.6) is 11.5 Å². The van der Waals surface area contributed by atoms with Crippen molar-refractivity contribution in [2.75, 3.05) is 19.5 Å². The fourth-order valence-corrected chi connectivity index (χ4v) is 4.59. The SMILES string of the molecule is CC.COc1ccc(-c2cccc(C(=O)Nc3cccc(-c4ccc(CC(=O)O)s4)c3)c2)c(OC)c1. The Labute approximate surface area is 215 Å². The molecule has 7 heteroatoms. The summed E-state index contributed by atoms with van der Waals surface area (Å²) in [7, 11) is 3.20. The van der Waals surface area contributed by atoms with Crippen molar-refractivity contribution in [3.63, 3.8) is 0 Å². The number of carboxylic acid groups (broad SMARTS) is 1. The van der Waals surface area contributed by atoms with E-state index < -0.39 is 5.97 Å². The summed E-state index contributed by atoms with van der Waals surface area (Å²) in [5.41, 5.74) is 3.79. The van der Waals surface area contributed by atoms with E-state index in [0.29, 0.717) is 22.7 Å². The van der Waals surface area contributed by atoms with Crippen LogP contribution < -0.4 is 14.8 Å². The number of thiophene rings is 1. The molecule has 1 heterocycles. The zero-order chi connectivity index (χ0) is 26.1. The van der Waals surface area contributed by atoms with Crippen molar-refractivity contribution in [3.05, 3.63) is 89.3 Å². The van der Waals surface area contributed by atoms with Gasteiger partial charge in [0.25, 0.3) is 5.91 Å². The van der Waals surface area contributed by atoms with Crippen LogP contribution in [0.25, 0.3) is 21.6 Å². The van der Waals surface area contributed by atoms with Gasteiger partial charge < -0.3 is 19.9 Å². The number of ether oxygens (including phenoxy) is 2. The summed E-state index contributed by atoms with van der Waals surface area (Å²) in [6, 6.07) is 24.1. The molecule has 36 heavy (non-hydrogen) atoms. The number of nitrogens with one attached hydrogen (secondary N) is 1. The zero-order valence-electron chi connectivity index (χ0n) is 20.7. The summed E-state index contributed by atoms with van der Waals surface area (Å²) in [5, 5.41) is 11.9. The Balaban J connectivity index is 0.00000176. The second-order valence-electron chi connectivity index (χ2n) is 7.52. The molecule has 0 fully saturated rings. The van der Waals surface area contributed by atoms with Gasteiger partial charge in [-0.3, -0.25) is 9.59 Å². The van der Waals surface area contributed by atoms with Gasteiger partial charge in [0.05, 0.1) is 20.6 Å². The Bertz CT molecular complexity index is 1350. The summed E-state index contributed by atoms with van der Waals surface area (Å²) in [6.45, 7) is 4.00. The van der Waals surface area contributed by atoms with E-state index in [2.05, 4.69) is 5.32 Å². The highest BCUT2D eigenvalue weighted by Gasteiger charge is 2.12. The Morgan fingerprint density at radius 1 is 0.861 bits per heavy atom. The second kappa shape index (κ2) is 12.6. The summed E-state index contributed by atoms with van der Waals surface area (Å²) < 4.78 is 10.8. The maximum atomic E-state index is 13.0. The van der Waals surface area contributed by atoms with Gasteiger partial charge in [-0.05, 0) is 59.7 Å². The van der Waals surface area contributed by atoms with Gasteiger partial charge in [0.15, 0.2) is 0 Å². The molecule has 0 saturated carbocycles. The van der Waals surface area contributed by atoms with E-state index in [4.69, 9.17) is 14.6 Å². The third kappa shape index (κ3) is 6.52. The first-order chi connectivity index (χ1) is 17.5. The fourth-order valence-electron chi connectivity index (χ4n) is 3.60. The molecule has 2 N–H and O–H groups in total. The van der Waals surface area contributed by atoms with Crippen LogP contribution in [0.3, 0.4) is 0 Å². The van der Waals surface area contributed by atoms with Crippen LogP contribution in [0.1, 0.15) is 29.1 Å². The lowest BCUT2D eigenvalue weighted by Gasteiger charge is -2.12. The van der Waals surface area contributed by atoms with E-state index in [1.165, 1.54) is 11.3 Å². The number of carbonyl (C=O) groups is 2. The smallest absolute Gasteiger partial charge is 0.308 e. The number of rotatable bonds is 8. The third-order valence-electron chi connectivity index (χ3n) is 5.24. The molecule has 0 atom stereocenters. The fraction of sp³-hybridized carbons (Fsp3) is 0.172. The van der Waals surface area contributed by atoms with E-state index in [1.807, 2.05) is 80.6 Å². The molecule has 186 valence electrons. The highest BCUT2D eigenvalue weighted by atomic mass is 32.1. The Kier molecular flexibility index (Phi) is 9.25. The number of benzene rings is 3. The van der Waals surface area contributed by atoms with E-state index in [-0.39, 0.29) is 12.3 Å². The van der Waals surface area contributed by atoms with Crippen molar-refractivity contribution in [1.29, 1.82) is 0 Å². The van der Waals surface area contributed by atoms with Crippen LogP contribution in [0.2, 0.25) is 0 Å². The minimum atomic E-state index is -0.857. The van der Waals surface area contributed by atoms with Crippen molar-refractivity contribution in [1.82, 2.24) is 0 Å². The van der Waals surface area contributed by atoms with Crippen LogP contribution >= 0.6 is 11.3 Å². The van der Waals surface area contributed by atoms with Crippen LogP contribution in [0, 0.1) is 0 Å². The number of aliphatic carboxylic acids is 1. The zero-order valence-corrected chi connectivity index (χ0v) is 21.5. The molecule has 0 unspecified atom stereocenters. The van der Waals surface area contributed by atoms with Gasteiger partial charge in [-0.25, -0.2) is 0 Å². The van der Waals surface area contributed by atoms with Crippen molar-refractivity contribution in [2.24, 2.45) is 0 Å². The summed E-state index contributed by atoms with van der Waals surface area (Å²) in [5.74, 6) is 0.256. The molecule has 0 aliphatic rings. The summed E-state index contributed by atoms with van der Waals surface area (Å²) >= 11 is 1.43. The van der Waals surface area contributed by atoms with Gasteiger partial charge in [-0.15, -0.1) is 11.3 Å². The minimum Gasteiger partial charge on any atom is -0.497 e. The van der Waals surface area contributed by atoms with Gasteiger partial charge in [-0.1, -0.05) is 38.1 Å². The first-order valence-corrected chi connectivity index (χ1v) is 12.3. The molecule has 4 aromatic rings. The molecular weight excluding hydrogens is 474 g/mol. The predicted molar refractivity (Wildman–Crippen MR) is 145 cm³/mol. The van der Waals surface area contributed by atoms with E-state index >= 15 is 0 Å². The lowest BCUT2D eigenvalue weighted by atomic mass is 10.0. The number of carbonyl (C=O) groups excluding carboxylic acids is 1. The Morgan fingerprint density at radius 2 is 1.61 bits per heavy atom. The normalized spacial score (nSPS) is 10.1. The first kappa shape index (κ1) is 26.5. The highest BCUT2D eigenvalue weighted by Crippen LogP contribution is 2.34. The standard InChI is InChI=1S/C27H23NO5S.C2H6/c1-32-21-9-11-23(24(15-21)33-2)17-5-3-7-19(13-17)27(31)28-20-8-4-6-18(14-20)25-12-10-22(34-25)16-26(29)30;1-2/h3-15H,16H2,1-2H3,(H,28,31)(H,29,30);1-2H3. The van der Waals surface area contributed by atoms with E-state index in [0.717, 1.165) is 26.4 Å². The highest BCUT2D eigenvalue weighted by molar-refractivity contribution is 7.15. The van der Waals surface area contributed by atoms with Gasteiger partial charge in [0.2, 0.25) is 0 Å². The number of anilines is 1. The first-order valence-electron chi connectivity index (χ1n) is 11.5. The molecule has 6 nitrogen and oxygen atoms in total. The minimum absolute atomic E-state index is 0.00356. The lowest BCUT2D eigenvalue weighted by molar-refractivity contribution is -0.136. The predicted octanol–water partition coefficient (Wildman–Crippen LogP) is 7.00. The average molecular weight is 504 g/mol. The quantitative estimate of drug-likeness (QED) is 0.270. The third-order valence-corrected chi connectivity index (χ3v) is 6.37. The molecule has 0 saturated heterocycles. The second-order valence-corrected chi connectivity index (χ2v) is 8.69. The summed E-state index contributed by atoms with van der Waals surface area (Å²) in [4.78, 5) is 25.7. The number of hydrogen-bond acceptors (Lipinski definition) is 5. The summed E-state index contributed by atoms with van der Waals surface area (Å²) in [6.07, 6.45) is -0.00356. The average Bonchev–Trinajstić information content (AvgIpc) is 3.37. The van der Waals surface area contributed by atoms with Crippen LogP contribution in [0.4, 0.5) is 5.69 Å². The molecular formula is C29H29NO5S. The van der Waals surface area contributed by atoms with Crippen molar-refractivity contribution in [3.8, 4) is 33.1 Å². The van der Waals surface area contributed by atoms with Crippen LogP contribution in [-0.4, -0.2) is 31.2 Å². The maximum absolute atomic E-state index is 13.0. The van der Waals surface area contributed by atoms with E-state index in [9.17, 15) is 9.59 Å². The molecule has 0 aliphatic carbocycles. The number of amides is 1. The molecule has 0 radical (unpaired) electrons. The Morgan fingerprint density at radius 3 is 2.33 bits per heavy atom. The van der Waals surface area contributed by atoms with Crippen LogP contribution in [-0.2, 0) is 11.2 Å². The molecule has 4 rings (SSSR count).